The minimum Gasteiger partial charge on any atom is -0.326 e. The Morgan fingerprint density at radius 2 is 1.77 bits per heavy atom. The summed E-state index contributed by atoms with van der Waals surface area (Å²) in [5, 5.41) is 1.86. The Labute approximate surface area is 167 Å². The summed E-state index contributed by atoms with van der Waals surface area (Å²) in [5.74, 6) is -1.52. The average molecular weight is 434 g/mol. The van der Waals surface area contributed by atoms with Crippen molar-refractivity contribution in [3.63, 3.8) is 0 Å². The van der Waals surface area contributed by atoms with Crippen LogP contribution in [0.3, 0.4) is 0 Å². The maximum absolute atomic E-state index is 14.2. The molecule has 2 aromatic rings. The normalized spacial score (nSPS) is 18.0. The molecule has 2 aromatic carbocycles. The Balaban J connectivity index is 2.02. The lowest BCUT2D eigenvalue weighted by Crippen LogP contribution is -2.52. The van der Waals surface area contributed by atoms with Gasteiger partial charge in [-0.1, -0.05) is 30.3 Å². The lowest BCUT2D eigenvalue weighted by atomic mass is 9.88. The standard InChI is InChI=1S/C20H17F7N2O/c1-11(19(22,23)24)28-18(30)29-9-8-12-4-2-3-5-14(12)17(29)13-6-7-15(16(21)10-13)20(25,26)27/h2-7,10-11,17H,8-9H2,1H3,(H,28,30)/t11-,17+/m0/s1. The maximum atomic E-state index is 14.2. The van der Waals surface area contributed by atoms with E-state index < -0.39 is 41.8 Å². The second kappa shape index (κ2) is 7.81. The minimum atomic E-state index is -4.90. The molecule has 0 spiro atoms. The number of amides is 2. The molecule has 0 saturated heterocycles. The van der Waals surface area contributed by atoms with Crippen molar-refractivity contribution in [1.82, 2.24) is 10.2 Å². The van der Waals surface area contributed by atoms with Crippen LogP contribution in [0.4, 0.5) is 35.5 Å². The lowest BCUT2D eigenvalue weighted by Gasteiger charge is -2.38. The fourth-order valence-electron chi connectivity index (χ4n) is 3.43. The van der Waals surface area contributed by atoms with E-state index >= 15 is 0 Å². The zero-order valence-corrected chi connectivity index (χ0v) is 15.6. The van der Waals surface area contributed by atoms with Crippen LogP contribution in [0.25, 0.3) is 0 Å². The number of rotatable bonds is 2. The van der Waals surface area contributed by atoms with Gasteiger partial charge in [0.25, 0.3) is 0 Å². The molecule has 2 amide bonds. The van der Waals surface area contributed by atoms with Gasteiger partial charge in [0.05, 0.1) is 11.6 Å². The van der Waals surface area contributed by atoms with E-state index in [2.05, 4.69) is 0 Å². The molecule has 30 heavy (non-hydrogen) atoms. The molecule has 162 valence electrons. The predicted molar refractivity (Wildman–Crippen MR) is 94.1 cm³/mol. The summed E-state index contributed by atoms with van der Waals surface area (Å²) in [6, 6.07) is 4.78. The van der Waals surface area contributed by atoms with Gasteiger partial charge >= 0.3 is 18.4 Å². The predicted octanol–water partition coefficient (Wildman–Crippen LogP) is 5.45. The van der Waals surface area contributed by atoms with Crippen LogP contribution in [0.5, 0.6) is 0 Å². The molecule has 0 radical (unpaired) electrons. The van der Waals surface area contributed by atoms with Crippen molar-refractivity contribution in [1.29, 1.82) is 0 Å². The molecule has 1 N–H and O–H groups in total. The van der Waals surface area contributed by atoms with Crippen LogP contribution < -0.4 is 5.32 Å². The van der Waals surface area contributed by atoms with Gasteiger partial charge in [0.1, 0.15) is 11.9 Å². The summed E-state index contributed by atoms with van der Waals surface area (Å²) in [6.45, 7) is 0.795. The van der Waals surface area contributed by atoms with Crippen molar-refractivity contribution < 1.29 is 35.5 Å². The van der Waals surface area contributed by atoms with Crippen LogP contribution in [0, 0.1) is 5.82 Å². The van der Waals surface area contributed by atoms with E-state index in [1.54, 1.807) is 24.3 Å². The number of urea groups is 1. The molecule has 1 aliphatic heterocycles. The number of hydrogen-bond donors (Lipinski definition) is 1. The van der Waals surface area contributed by atoms with Gasteiger partial charge in [0, 0.05) is 6.54 Å². The van der Waals surface area contributed by atoms with E-state index in [9.17, 15) is 35.5 Å². The largest absolute Gasteiger partial charge is 0.419 e. The number of nitrogens with one attached hydrogen (secondary N) is 1. The molecule has 3 nitrogen and oxygen atoms in total. The first-order valence-corrected chi connectivity index (χ1v) is 8.98. The molecule has 1 aliphatic rings. The molecule has 10 heteroatoms. The van der Waals surface area contributed by atoms with Gasteiger partial charge in [-0.2, -0.15) is 26.3 Å². The summed E-state index contributed by atoms with van der Waals surface area (Å²) in [6.07, 6.45) is -9.23. The third kappa shape index (κ3) is 4.36. The van der Waals surface area contributed by atoms with Gasteiger partial charge < -0.3 is 10.2 Å². The Kier molecular flexibility index (Phi) is 5.70. The Morgan fingerprint density at radius 3 is 2.37 bits per heavy atom. The average Bonchev–Trinajstić information content (AvgIpc) is 2.65. The molecule has 0 aromatic heterocycles. The van der Waals surface area contributed by atoms with Gasteiger partial charge in [0.15, 0.2) is 0 Å². The molecule has 0 aliphatic carbocycles. The summed E-state index contributed by atoms with van der Waals surface area (Å²) >= 11 is 0. The van der Waals surface area contributed by atoms with Crippen LogP contribution in [0.2, 0.25) is 0 Å². The molecule has 0 bridgehead atoms. The number of fused-ring (bicyclic) bond motifs is 1. The van der Waals surface area contributed by atoms with Crippen LogP contribution in [0.1, 0.15) is 35.2 Å². The fraction of sp³-hybridized carbons (Fsp3) is 0.350. The molecule has 0 saturated carbocycles. The SMILES string of the molecule is C[C@H](NC(=O)N1CCc2ccccc2[C@H]1c1ccc(C(F)(F)F)c(F)c1)C(F)(F)F. The van der Waals surface area contributed by atoms with Crippen molar-refractivity contribution in [2.75, 3.05) is 6.54 Å². The third-order valence-corrected chi connectivity index (χ3v) is 4.99. The second-order valence-corrected chi connectivity index (χ2v) is 6.99. The number of hydrogen-bond acceptors (Lipinski definition) is 1. The Morgan fingerprint density at radius 1 is 1.10 bits per heavy atom. The first kappa shape index (κ1) is 21.9. The number of carbonyl (C=O) groups is 1. The monoisotopic (exact) mass is 434 g/mol. The molecule has 0 unspecified atom stereocenters. The second-order valence-electron chi connectivity index (χ2n) is 6.99. The quantitative estimate of drug-likeness (QED) is 0.627. The van der Waals surface area contributed by atoms with Crippen LogP contribution in [-0.4, -0.2) is 29.7 Å². The van der Waals surface area contributed by atoms with Gasteiger partial charge in [0.2, 0.25) is 0 Å². The molecule has 0 fully saturated rings. The highest BCUT2D eigenvalue weighted by Gasteiger charge is 2.40. The van der Waals surface area contributed by atoms with Crippen LogP contribution in [0.15, 0.2) is 42.5 Å². The zero-order chi connectivity index (χ0) is 22.3. The molecule has 2 atom stereocenters. The maximum Gasteiger partial charge on any atom is 0.419 e. The molecular formula is C20H17F7N2O. The summed E-state index contributed by atoms with van der Waals surface area (Å²) in [7, 11) is 0. The topological polar surface area (TPSA) is 32.3 Å². The Bertz CT molecular complexity index is 939. The Hall–Kier alpha value is -2.78. The highest BCUT2D eigenvalue weighted by Crippen LogP contribution is 2.38. The molecule has 1 heterocycles. The lowest BCUT2D eigenvalue weighted by molar-refractivity contribution is -0.149. The van der Waals surface area contributed by atoms with Gasteiger partial charge in [-0.05, 0) is 42.2 Å². The first-order valence-electron chi connectivity index (χ1n) is 8.98. The fourth-order valence-corrected chi connectivity index (χ4v) is 3.43. The molecular weight excluding hydrogens is 417 g/mol. The summed E-state index contributed by atoms with van der Waals surface area (Å²) < 4.78 is 91.5. The van der Waals surface area contributed by atoms with Crippen molar-refractivity contribution in [2.24, 2.45) is 0 Å². The highest BCUT2D eigenvalue weighted by molar-refractivity contribution is 5.76. The van der Waals surface area contributed by atoms with Crippen molar-refractivity contribution >= 4 is 6.03 Å². The van der Waals surface area contributed by atoms with Crippen LogP contribution >= 0.6 is 0 Å². The van der Waals surface area contributed by atoms with E-state index in [-0.39, 0.29) is 12.1 Å². The number of nitrogens with zero attached hydrogens (tertiary/aromatic N) is 1. The van der Waals surface area contributed by atoms with E-state index in [0.29, 0.717) is 24.1 Å². The zero-order valence-electron chi connectivity index (χ0n) is 15.6. The van der Waals surface area contributed by atoms with Crippen molar-refractivity contribution in [2.45, 2.75) is 37.8 Å². The van der Waals surface area contributed by atoms with Gasteiger partial charge in [-0.15, -0.1) is 0 Å². The smallest absolute Gasteiger partial charge is 0.326 e. The number of alkyl halides is 6. The van der Waals surface area contributed by atoms with Gasteiger partial charge in [-0.25, -0.2) is 9.18 Å². The summed E-state index contributed by atoms with van der Waals surface area (Å²) in [4.78, 5) is 13.7. The molecule has 3 rings (SSSR count). The summed E-state index contributed by atoms with van der Waals surface area (Å²) in [5.41, 5.74) is -0.145. The van der Waals surface area contributed by atoms with E-state index in [1.807, 2.05) is 5.32 Å². The van der Waals surface area contributed by atoms with Crippen molar-refractivity contribution in [3.8, 4) is 0 Å². The number of carbonyl (C=O) groups excluding carboxylic acids is 1. The van der Waals surface area contributed by atoms with Crippen LogP contribution in [-0.2, 0) is 12.6 Å². The van der Waals surface area contributed by atoms with Crippen molar-refractivity contribution in [3.05, 3.63) is 70.5 Å². The highest BCUT2D eigenvalue weighted by atomic mass is 19.4. The number of halogens is 7. The van der Waals surface area contributed by atoms with E-state index in [1.165, 1.54) is 0 Å². The third-order valence-electron chi connectivity index (χ3n) is 4.99. The minimum absolute atomic E-state index is 0.0146. The number of benzene rings is 2. The van der Waals surface area contributed by atoms with E-state index in [4.69, 9.17) is 0 Å². The van der Waals surface area contributed by atoms with E-state index in [0.717, 1.165) is 23.5 Å². The first-order chi connectivity index (χ1) is 13.9. The van der Waals surface area contributed by atoms with Gasteiger partial charge in [-0.3, -0.25) is 0 Å².